The van der Waals surface area contributed by atoms with Crippen molar-refractivity contribution in [2.24, 2.45) is 11.8 Å². The van der Waals surface area contributed by atoms with E-state index in [1.807, 2.05) is 25.1 Å². The molecule has 1 amide bonds. The van der Waals surface area contributed by atoms with Crippen LogP contribution in [0.4, 0.5) is 0 Å². The third-order valence-corrected chi connectivity index (χ3v) is 12.8. The monoisotopic (exact) mass is 484 g/mol. The van der Waals surface area contributed by atoms with Gasteiger partial charge >= 0.3 is 0 Å². The molecule has 1 aliphatic heterocycles. The molecule has 1 aliphatic carbocycles. The van der Waals surface area contributed by atoms with Crippen LogP contribution in [-0.4, -0.2) is 43.3 Å². The lowest BCUT2D eigenvalue weighted by Gasteiger charge is -2.45. The fourth-order valence-electron chi connectivity index (χ4n) is 5.90. The van der Waals surface area contributed by atoms with Crippen LogP contribution in [0.15, 0.2) is 78.9 Å². The van der Waals surface area contributed by atoms with Gasteiger partial charge in [-0.15, -0.1) is 0 Å². The molecular formula is C30H36N2O2Si. The maximum Gasteiger partial charge on any atom is 0.272 e. The molecular weight excluding hydrogens is 448 g/mol. The van der Waals surface area contributed by atoms with Crippen LogP contribution in [0.1, 0.15) is 49.8 Å². The van der Waals surface area contributed by atoms with Crippen molar-refractivity contribution in [1.29, 1.82) is 0 Å². The van der Waals surface area contributed by atoms with Crippen molar-refractivity contribution < 1.29 is 9.22 Å². The minimum Gasteiger partial charge on any atom is -0.405 e. The number of nitrogens with zero attached hydrogens (tertiary/aromatic N) is 2. The average Bonchev–Trinajstić information content (AvgIpc) is 3.62. The summed E-state index contributed by atoms with van der Waals surface area (Å²) in [5, 5.41) is 2.47. The van der Waals surface area contributed by atoms with Crippen LogP contribution < -0.4 is 10.4 Å². The summed E-state index contributed by atoms with van der Waals surface area (Å²) in [6.45, 7) is 10.2. The Bertz CT molecular complexity index is 1140. The van der Waals surface area contributed by atoms with Crippen molar-refractivity contribution in [3.8, 4) is 0 Å². The lowest BCUT2D eigenvalue weighted by molar-refractivity contribution is 0.0497. The van der Waals surface area contributed by atoms with Gasteiger partial charge in [-0.05, 0) is 59.1 Å². The number of hydrogen-bond donors (Lipinski definition) is 0. The Labute approximate surface area is 210 Å². The number of hydrogen-bond acceptors (Lipinski definition) is 3. The van der Waals surface area contributed by atoms with Crippen LogP contribution in [0.5, 0.6) is 0 Å². The van der Waals surface area contributed by atoms with E-state index >= 15 is 0 Å². The molecule has 182 valence electrons. The first-order chi connectivity index (χ1) is 16.8. The van der Waals surface area contributed by atoms with Crippen LogP contribution in [-0.2, 0) is 4.43 Å². The van der Waals surface area contributed by atoms with E-state index in [0.717, 1.165) is 24.6 Å². The molecule has 5 rings (SSSR count). The summed E-state index contributed by atoms with van der Waals surface area (Å²) >= 11 is 0. The predicted octanol–water partition coefficient (Wildman–Crippen LogP) is 4.82. The molecule has 1 aromatic heterocycles. The molecule has 0 radical (unpaired) electrons. The minimum absolute atomic E-state index is 0.0371. The Hall–Kier alpha value is -2.76. The number of carbonyl (C=O) groups excluding carboxylic acids is 1. The number of aryl methyl sites for hydroxylation is 1. The van der Waals surface area contributed by atoms with E-state index < -0.39 is 8.32 Å². The van der Waals surface area contributed by atoms with E-state index in [1.54, 1.807) is 0 Å². The largest absolute Gasteiger partial charge is 0.405 e. The summed E-state index contributed by atoms with van der Waals surface area (Å²) in [6.07, 6.45) is 2.24. The second-order valence-electron chi connectivity index (χ2n) is 11.2. The molecule has 3 atom stereocenters. The van der Waals surface area contributed by atoms with E-state index in [1.165, 1.54) is 16.8 Å². The van der Waals surface area contributed by atoms with Crippen molar-refractivity contribution in [3.63, 3.8) is 0 Å². The maximum absolute atomic E-state index is 13.6. The first-order valence-corrected chi connectivity index (χ1v) is 14.7. The third-order valence-electron chi connectivity index (χ3n) is 7.79. The van der Waals surface area contributed by atoms with Gasteiger partial charge in [-0.25, -0.2) is 4.98 Å². The molecule has 2 aliphatic rings. The zero-order chi connectivity index (χ0) is 24.6. The second-order valence-corrected chi connectivity index (χ2v) is 15.5. The van der Waals surface area contributed by atoms with E-state index in [-0.39, 0.29) is 17.0 Å². The van der Waals surface area contributed by atoms with Crippen molar-refractivity contribution >= 4 is 24.6 Å². The fourth-order valence-corrected chi connectivity index (χ4v) is 10.5. The van der Waals surface area contributed by atoms with Gasteiger partial charge in [0, 0.05) is 12.2 Å². The first-order valence-electron chi connectivity index (χ1n) is 12.8. The van der Waals surface area contributed by atoms with Gasteiger partial charge in [0.2, 0.25) is 0 Å². The standard InChI is InChI=1S/C30H36N2O2Si/c1-22-12-11-17-28(31-22)29(33)32-20-24-18-23(24)19-25(32)21-34-35(30(2,3)4,26-13-7-5-8-14-26)27-15-9-6-10-16-27/h5-17,23-25H,18-21H2,1-4H3/t23-,24+,25+/m1/s1. The van der Waals surface area contributed by atoms with Crippen molar-refractivity contribution in [3.05, 3.63) is 90.3 Å². The molecule has 0 unspecified atom stereocenters. The predicted molar refractivity (Wildman–Crippen MR) is 144 cm³/mol. The Kier molecular flexibility index (Phi) is 6.41. The van der Waals surface area contributed by atoms with Crippen molar-refractivity contribution in [2.45, 2.75) is 51.6 Å². The molecule has 0 spiro atoms. The highest BCUT2D eigenvalue weighted by Gasteiger charge is 2.52. The summed E-state index contributed by atoms with van der Waals surface area (Å²) in [6, 6.07) is 27.3. The molecule has 4 nitrogen and oxygen atoms in total. The SMILES string of the molecule is Cc1cccc(C(=O)N2C[C@@H]3C[C@@H]3C[C@H]2CO[Si](c2ccccc2)(c2ccccc2)C(C)(C)C)n1. The van der Waals surface area contributed by atoms with Crippen LogP contribution in [0.25, 0.3) is 0 Å². The summed E-state index contributed by atoms with van der Waals surface area (Å²) in [5.74, 6) is 1.39. The Morgan fingerprint density at radius 1 is 0.914 bits per heavy atom. The van der Waals surface area contributed by atoms with Gasteiger partial charge in [0.05, 0.1) is 12.6 Å². The lowest BCUT2D eigenvalue weighted by atomic mass is 10.0. The van der Waals surface area contributed by atoms with Crippen LogP contribution in [0.2, 0.25) is 5.04 Å². The van der Waals surface area contributed by atoms with Crippen LogP contribution in [0, 0.1) is 18.8 Å². The van der Waals surface area contributed by atoms with Gasteiger partial charge < -0.3 is 9.33 Å². The van der Waals surface area contributed by atoms with Crippen molar-refractivity contribution in [2.75, 3.05) is 13.2 Å². The number of aromatic nitrogens is 1. The molecule has 0 bridgehead atoms. The number of carbonyl (C=O) groups is 1. The highest BCUT2D eigenvalue weighted by atomic mass is 28.4. The summed E-state index contributed by atoms with van der Waals surface area (Å²) < 4.78 is 7.24. The third kappa shape index (κ3) is 4.59. The molecule has 0 N–H and O–H groups in total. The highest BCUT2D eigenvalue weighted by Crippen LogP contribution is 2.48. The molecule has 1 saturated heterocycles. The molecule has 2 aromatic carbocycles. The van der Waals surface area contributed by atoms with Gasteiger partial charge in [0.15, 0.2) is 0 Å². The fraction of sp³-hybridized carbons (Fsp3) is 0.400. The van der Waals surface area contributed by atoms with Gasteiger partial charge in [-0.2, -0.15) is 0 Å². The molecule has 2 heterocycles. The van der Waals surface area contributed by atoms with E-state index in [9.17, 15) is 4.79 Å². The average molecular weight is 485 g/mol. The maximum atomic E-state index is 13.6. The Morgan fingerprint density at radius 2 is 1.54 bits per heavy atom. The van der Waals surface area contributed by atoms with Gasteiger partial charge in [0.1, 0.15) is 5.69 Å². The molecule has 35 heavy (non-hydrogen) atoms. The summed E-state index contributed by atoms with van der Waals surface area (Å²) in [4.78, 5) is 20.2. The van der Waals surface area contributed by atoms with E-state index in [0.29, 0.717) is 18.2 Å². The van der Waals surface area contributed by atoms with Gasteiger partial charge in [0.25, 0.3) is 14.2 Å². The minimum atomic E-state index is -2.65. The van der Waals surface area contributed by atoms with Crippen LogP contribution in [0.3, 0.4) is 0 Å². The topological polar surface area (TPSA) is 42.4 Å². The summed E-state index contributed by atoms with van der Waals surface area (Å²) in [7, 11) is -2.65. The Balaban J connectivity index is 1.49. The highest BCUT2D eigenvalue weighted by molar-refractivity contribution is 6.99. The molecule has 1 saturated carbocycles. The zero-order valence-corrected chi connectivity index (χ0v) is 22.3. The number of fused-ring (bicyclic) bond motifs is 1. The van der Waals surface area contributed by atoms with Crippen molar-refractivity contribution in [1.82, 2.24) is 9.88 Å². The molecule has 3 aromatic rings. The smallest absolute Gasteiger partial charge is 0.272 e. The normalized spacial score (nSPS) is 21.9. The van der Waals surface area contributed by atoms with E-state index in [2.05, 4.69) is 91.3 Å². The Morgan fingerprint density at radius 3 is 2.11 bits per heavy atom. The number of pyridine rings is 1. The van der Waals surface area contributed by atoms with Crippen LogP contribution >= 0.6 is 0 Å². The number of piperidine rings is 1. The number of benzene rings is 2. The van der Waals surface area contributed by atoms with Gasteiger partial charge in [-0.3, -0.25) is 4.79 Å². The first kappa shape index (κ1) is 24.0. The quantitative estimate of drug-likeness (QED) is 0.471. The zero-order valence-electron chi connectivity index (χ0n) is 21.3. The summed E-state index contributed by atoms with van der Waals surface area (Å²) in [5.41, 5.74) is 1.41. The number of likely N-dealkylation sites (tertiary alicyclic amines) is 1. The molecule has 2 fully saturated rings. The number of amides is 1. The molecule has 5 heteroatoms. The van der Waals surface area contributed by atoms with Gasteiger partial charge in [-0.1, -0.05) is 87.5 Å². The lowest BCUT2D eigenvalue weighted by Crippen LogP contribution is -2.67. The number of rotatable bonds is 6. The second kappa shape index (κ2) is 9.36. The van der Waals surface area contributed by atoms with E-state index in [4.69, 9.17) is 4.43 Å².